The lowest BCUT2D eigenvalue weighted by Crippen LogP contribution is -2.27. The Kier molecular flexibility index (Phi) is 5.00. The third-order valence-electron chi connectivity index (χ3n) is 2.12. The molecule has 0 fully saturated rings. The maximum atomic E-state index is 12.9. The summed E-state index contributed by atoms with van der Waals surface area (Å²) in [5, 5.41) is 18.4. The summed E-state index contributed by atoms with van der Waals surface area (Å²) in [5.41, 5.74) is -3.89. The number of H-pyrrole nitrogens is 2. The molecule has 10 heteroatoms. The van der Waals surface area contributed by atoms with Gasteiger partial charge in [-0.2, -0.15) is 0 Å². The van der Waals surface area contributed by atoms with Gasteiger partial charge in [0.15, 0.2) is 23.3 Å². The standard InChI is InChI=1S/C8H2F4O4.C3H4N2/c9-3-1(7(13)14)4(10)6(12)2(5(3)11)8(15)16;1-2-5-3-4-1/h(H,13,14)(H,15,16);1-3H,(H,4,5). The molecular formula is C11H6F4N2O4. The van der Waals surface area contributed by atoms with Crippen LogP contribution < -0.4 is 10.1 Å². The van der Waals surface area contributed by atoms with Crippen molar-refractivity contribution in [1.82, 2.24) is 4.98 Å². The lowest BCUT2D eigenvalue weighted by molar-refractivity contribution is -0.375. The number of aromatic nitrogens is 2. The average molecular weight is 306 g/mol. The van der Waals surface area contributed by atoms with Crippen molar-refractivity contribution in [3.63, 3.8) is 0 Å². The second-order valence-corrected chi connectivity index (χ2v) is 3.41. The second kappa shape index (κ2) is 6.50. The van der Waals surface area contributed by atoms with Crippen LogP contribution in [0.2, 0.25) is 0 Å². The number of carbonyl (C=O) groups excluding carboxylic acids is 1. The summed E-state index contributed by atoms with van der Waals surface area (Å²) in [7, 11) is 0. The van der Waals surface area contributed by atoms with E-state index >= 15 is 0 Å². The third kappa shape index (κ3) is 3.35. The first-order valence-electron chi connectivity index (χ1n) is 5.08. The van der Waals surface area contributed by atoms with Crippen molar-refractivity contribution in [3.8, 4) is 0 Å². The SMILES string of the molecule is O=C([O-])c1c(F)c(F)c(C(=O)O)c(F)c1F.c1c[nH+]c[nH]1. The number of imidazole rings is 1. The summed E-state index contributed by atoms with van der Waals surface area (Å²) in [4.78, 5) is 26.0. The molecular weight excluding hydrogens is 300 g/mol. The van der Waals surface area contributed by atoms with E-state index in [0.717, 1.165) is 0 Å². The summed E-state index contributed by atoms with van der Waals surface area (Å²) in [6, 6.07) is 0. The van der Waals surface area contributed by atoms with E-state index in [4.69, 9.17) is 5.11 Å². The highest BCUT2D eigenvalue weighted by molar-refractivity contribution is 5.92. The van der Waals surface area contributed by atoms with Gasteiger partial charge >= 0.3 is 5.97 Å². The smallest absolute Gasteiger partial charge is 0.341 e. The van der Waals surface area contributed by atoms with Gasteiger partial charge in [0.05, 0.1) is 11.5 Å². The molecule has 21 heavy (non-hydrogen) atoms. The van der Waals surface area contributed by atoms with Crippen molar-refractivity contribution < 1.29 is 42.3 Å². The second-order valence-electron chi connectivity index (χ2n) is 3.41. The Morgan fingerprint density at radius 1 is 1.05 bits per heavy atom. The fourth-order valence-electron chi connectivity index (χ4n) is 1.24. The summed E-state index contributed by atoms with van der Waals surface area (Å²) in [6.07, 6.45) is 5.39. The highest BCUT2D eigenvalue weighted by atomic mass is 19.2. The molecule has 0 saturated heterocycles. The van der Waals surface area contributed by atoms with Crippen LogP contribution in [-0.4, -0.2) is 22.0 Å². The number of carboxylic acid groups (broad SMARTS) is 2. The number of benzene rings is 1. The van der Waals surface area contributed by atoms with E-state index in [-0.39, 0.29) is 0 Å². The zero-order valence-corrected chi connectivity index (χ0v) is 9.92. The van der Waals surface area contributed by atoms with Crippen LogP contribution >= 0.6 is 0 Å². The summed E-state index contributed by atoms with van der Waals surface area (Å²) in [6.45, 7) is 0. The van der Waals surface area contributed by atoms with Crippen molar-refractivity contribution in [2.24, 2.45) is 0 Å². The van der Waals surface area contributed by atoms with Crippen molar-refractivity contribution in [2.45, 2.75) is 0 Å². The van der Waals surface area contributed by atoms with Gasteiger partial charge in [-0.05, 0) is 0 Å². The highest BCUT2D eigenvalue weighted by Gasteiger charge is 2.29. The number of carbonyl (C=O) groups is 2. The van der Waals surface area contributed by atoms with Crippen LogP contribution in [0.1, 0.15) is 20.7 Å². The molecule has 0 bridgehead atoms. The van der Waals surface area contributed by atoms with Crippen LogP contribution in [-0.2, 0) is 0 Å². The molecule has 0 aliphatic heterocycles. The molecule has 0 saturated carbocycles. The Morgan fingerprint density at radius 2 is 1.52 bits per heavy atom. The number of hydrogen-bond donors (Lipinski definition) is 2. The molecule has 6 nitrogen and oxygen atoms in total. The van der Waals surface area contributed by atoms with Crippen molar-refractivity contribution in [2.75, 3.05) is 0 Å². The van der Waals surface area contributed by atoms with E-state index in [1.807, 2.05) is 12.4 Å². The highest BCUT2D eigenvalue weighted by Crippen LogP contribution is 2.23. The van der Waals surface area contributed by atoms with Gasteiger partial charge in [0.1, 0.15) is 18.0 Å². The molecule has 0 aliphatic rings. The minimum Gasteiger partial charge on any atom is -0.545 e. The van der Waals surface area contributed by atoms with Crippen LogP contribution in [0.15, 0.2) is 18.7 Å². The molecule has 3 N–H and O–H groups in total. The minimum atomic E-state index is -2.50. The number of aromatic carboxylic acids is 2. The van der Waals surface area contributed by atoms with Crippen LogP contribution in [0.4, 0.5) is 17.6 Å². The number of nitrogens with one attached hydrogen (secondary N) is 2. The molecule has 0 aliphatic carbocycles. The molecule has 0 amide bonds. The van der Waals surface area contributed by atoms with Crippen LogP contribution in [0, 0.1) is 23.3 Å². The Hall–Kier alpha value is -2.91. The Bertz CT molecular complexity index is 582. The molecule has 0 unspecified atom stereocenters. The number of rotatable bonds is 2. The van der Waals surface area contributed by atoms with E-state index in [9.17, 15) is 32.3 Å². The lowest BCUT2D eigenvalue weighted by Gasteiger charge is -2.09. The van der Waals surface area contributed by atoms with Gasteiger partial charge in [0.25, 0.3) is 0 Å². The molecule has 0 radical (unpaired) electrons. The first-order valence-corrected chi connectivity index (χ1v) is 5.08. The van der Waals surface area contributed by atoms with Crippen molar-refractivity contribution >= 4 is 11.9 Å². The third-order valence-corrected chi connectivity index (χ3v) is 2.12. The van der Waals surface area contributed by atoms with E-state index in [1.165, 1.54) is 0 Å². The predicted molar refractivity (Wildman–Crippen MR) is 54.9 cm³/mol. The fraction of sp³-hybridized carbons (Fsp3) is 0. The molecule has 1 heterocycles. The number of halogens is 4. The molecule has 0 atom stereocenters. The zero-order valence-electron chi connectivity index (χ0n) is 9.92. The molecule has 1 aromatic carbocycles. The quantitative estimate of drug-likeness (QED) is 0.607. The van der Waals surface area contributed by atoms with Crippen LogP contribution in [0.3, 0.4) is 0 Å². The molecule has 2 aromatic rings. The van der Waals surface area contributed by atoms with Gasteiger partial charge in [-0.1, -0.05) is 0 Å². The van der Waals surface area contributed by atoms with E-state index in [1.54, 1.807) is 6.33 Å². The molecule has 1 aromatic heterocycles. The Balaban J connectivity index is 0.000000369. The van der Waals surface area contributed by atoms with Crippen LogP contribution in [0.25, 0.3) is 0 Å². The predicted octanol–water partition coefficient (Wildman–Crippen LogP) is 0.134. The fourth-order valence-corrected chi connectivity index (χ4v) is 1.24. The molecule has 2 rings (SSSR count). The normalized spacial score (nSPS) is 9.71. The number of aromatic amines is 2. The van der Waals surface area contributed by atoms with Crippen molar-refractivity contribution in [3.05, 3.63) is 53.1 Å². The number of carboxylic acids is 2. The molecule has 0 spiro atoms. The average Bonchev–Trinajstić information content (AvgIpc) is 2.95. The molecule has 112 valence electrons. The Morgan fingerprint density at radius 3 is 1.76 bits per heavy atom. The van der Waals surface area contributed by atoms with Gasteiger partial charge in [0.2, 0.25) is 6.33 Å². The summed E-state index contributed by atoms with van der Waals surface area (Å²) >= 11 is 0. The van der Waals surface area contributed by atoms with Gasteiger partial charge in [-0.25, -0.2) is 22.4 Å². The van der Waals surface area contributed by atoms with Crippen LogP contribution in [0.5, 0.6) is 0 Å². The monoisotopic (exact) mass is 306 g/mol. The van der Waals surface area contributed by atoms with Gasteiger partial charge in [-0.15, -0.1) is 0 Å². The van der Waals surface area contributed by atoms with Crippen molar-refractivity contribution in [1.29, 1.82) is 0 Å². The largest absolute Gasteiger partial charge is 0.545 e. The number of hydrogen-bond acceptors (Lipinski definition) is 3. The lowest BCUT2D eigenvalue weighted by atomic mass is 10.1. The zero-order chi connectivity index (χ0) is 16.2. The van der Waals surface area contributed by atoms with Gasteiger partial charge in [0, 0.05) is 0 Å². The first kappa shape index (κ1) is 16.1. The summed E-state index contributed by atoms with van der Waals surface area (Å²) in [5.74, 6) is -14.0. The maximum Gasteiger partial charge on any atom is 0.341 e. The van der Waals surface area contributed by atoms with E-state index in [2.05, 4.69) is 9.97 Å². The first-order chi connectivity index (χ1) is 9.79. The maximum absolute atomic E-state index is 12.9. The summed E-state index contributed by atoms with van der Waals surface area (Å²) < 4.78 is 51.4. The topological polar surface area (TPSA) is 107 Å². The van der Waals surface area contributed by atoms with Gasteiger partial charge < -0.3 is 15.0 Å². The van der Waals surface area contributed by atoms with E-state index < -0.39 is 46.3 Å². The minimum absolute atomic E-state index is 1.75. The Labute approximate surface area is 113 Å². The van der Waals surface area contributed by atoms with E-state index in [0.29, 0.717) is 0 Å². The van der Waals surface area contributed by atoms with Gasteiger partial charge in [-0.3, -0.25) is 9.97 Å².